The molecule has 1 aromatic heterocycles. The summed E-state index contributed by atoms with van der Waals surface area (Å²) in [6, 6.07) is 2.70. The fourth-order valence-electron chi connectivity index (χ4n) is 1.99. The molecular formula is C11H16N2. The van der Waals surface area contributed by atoms with Crippen molar-refractivity contribution in [1.29, 1.82) is 0 Å². The number of nitrogens with one attached hydrogen (secondary N) is 1. The van der Waals surface area contributed by atoms with Crippen LogP contribution in [0.1, 0.15) is 36.4 Å². The predicted octanol–water partition coefficient (Wildman–Crippen LogP) is 2.20. The quantitative estimate of drug-likeness (QED) is 0.709. The molecule has 0 bridgehead atoms. The lowest BCUT2D eigenvalue weighted by Crippen LogP contribution is -2.27. The zero-order chi connectivity index (χ0) is 9.10. The van der Waals surface area contributed by atoms with E-state index in [9.17, 15) is 0 Å². The number of pyridine rings is 1. The molecule has 2 heteroatoms. The molecule has 0 aromatic carbocycles. The minimum Gasteiger partial charge on any atom is -0.310 e. The highest BCUT2D eigenvalue weighted by molar-refractivity contribution is 5.25. The maximum atomic E-state index is 4.11. The number of rotatable bonds is 1. The third-order valence-corrected chi connectivity index (χ3v) is 2.75. The monoisotopic (exact) mass is 176 g/mol. The van der Waals surface area contributed by atoms with Crippen molar-refractivity contribution in [3.63, 3.8) is 0 Å². The van der Waals surface area contributed by atoms with Crippen molar-refractivity contribution >= 4 is 0 Å². The highest BCUT2D eigenvalue weighted by Gasteiger charge is 2.15. The van der Waals surface area contributed by atoms with E-state index in [4.69, 9.17) is 0 Å². The van der Waals surface area contributed by atoms with Gasteiger partial charge in [-0.25, -0.2) is 0 Å². The Kier molecular flexibility index (Phi) is 2.60. The van der Waals surface area contributed by atoms with Crippen LogP contribution >= 0.6 is 0 Å². The second-order valence-electron chi connectivity index (χ2n) is 3.73. The topological polar surface area (TPSA) is 24.9 Å². The normalized spacial score (nSPS) is 23.0. The molecule has 1 fully saturated rings. The first kappa shape index (κ1) is 8.70. The van der Waals surface area contributed by atoms with Gasteiger partial charge in [0.1, 0.15) is 0 Å². The first-order chi connectivity index (χ1) is 6.38. The maximum absolute atomic E-state index is 4.11. The van der Waals surface area contributed by atoms with Gasteiger partial charge in [-0.3, -0.25) is 4.98 Å². The fourth-order valence-corrected chi connectivity index (χ4v) is 1.99. The number of aryl methyl sites for hydroxylation is 1. The second-order valence-corrected chi connectivity index (χ2v) is 3.73. The Balaban J connectivity index is 2.18. The summed E-state index contributed by atoms with van der Waals surface area (Å²) in [5.74, 6) is 0. The highest BCUT2D eigenvalue weighted by Crippen LogP contribution is 2.24. The van der Waals surface area contributed by atoms with E-state index in [1.165, 1.54) is 30.4 Å². The molecule has 1 aliphatic heterocycles. The van der Waals surface area contributed by atoms with Crippen molar-refractivity contribution in [1.82, 2.24) is 10.3 Å². The predicted molar refractivity (Wildman–Crippen MR) is 53.6 cm³/mol. The number of aromatic nitrogens is 1. The first-order valence-electron chi connectivity index (χ1n) is 5.02. The number of hydrogen-bond acceptors (Lipinski definition) is 2. The molecule has 2 heterocycles. The smallest absolute Gasteiger partial charge is 0.0324 e. The molecule has 0 amide bonds. The summed E-state index contributed by atoms with van der Waals surface area (Å²) in [6.07, 6.45) is 7.77. The molecule has 1 N–H and O–H groups in total. The van der Waals surface area contributed by atoms with Crippen LogP contribution in [-0.4, -0.2) is 11.5 Å². The molecule has 13 heavy (non-hydrogen) atoms. The van der Waals surface area contributed by atoms with Crippen LogP contribution in [-0.2, 0) is 0 Å². The van der Waals surface area contributed by atoms with Gasteiger partial charge in [-0.15, -0.1) is 0 Å². The van der Waals surface area contributed by atoms with Crippen molar-refractivity contribution in [2.45, 2.75) is 32.2 Å². The molecule has 0 spiro atoms. The summed E-state index contributed by atoms with van der Waals surface area (Å²) >= 11 is 0. The van der Waals surface area contributed by atoms with E-state index in [2.05, 4.69) is 23.3 Å². The maximum Gasteiger partial charge on any atom is 0.0324 e. The summed E-state index contributed by atoms with van der Waals surface area (Å²) < 4.78 is 0. The standard InChI is InChI=1S/C11H16N2/c1-9-8-12-7-5-10(9)11-4-2-3-6-13-11/h5,7-8,11,13H,2-4,6H2,1H3/t11-/m0/s1. The van der Waals surface area contributed by atoms with Crippen LogP contribution in [0, 0.1) is 6.92 Å². The molecule has 1 atom stereocenters. The number of nitrogens with zero attached hydrogens (tertiary/aromatic N) is 1. The molecule has 0 radical (unpaired) electrons. The Labute approximate surface area is 79.4 Å². The van der Waals surface area contributed by atoms with Crippen LogP contribution in [0.3, 0.4) is 0 Å². The van der Waals surface area contributed by atoms with E-state index in [-0.39, 0.29) is 0 Å². The average molecular weight is 176 g/mol. The lowest BCUT2D eigenvalue weighted by Gasteiger charge is -2.24. The Morgan fingerprint density at radius 3 is 3.08 bits per heavy atom. The molecule has 70 valence electrons. The van der Waals surface area contributed by atoms with Gasteiger partial charge in [-0.05, 0) is 43.5 Å². The van der Waals surface area contributed by atoms with Gasteiger partial charge in [0.05, 0.1) is 0 Å². The molecule has 0 saturated carbocycles. The molecule has 1 aromatic rings. The summed E-state index contributed by atoms with van der Waals surface area (Å²) in [7, 11) is 0. The minimum absolute atomic E-state index is 0.566. The van der Waals surface area contributed by atoms with Crippen LogP contribution in [0.25, 0.3) is 0 Å². The van der Waals surface area contributed by atoms with E-state index in [1.807, 2.05) is 12.4 Å². The summed E-state index contributed by atoms with van der Waals surface area (Å²) in [6.45, 7) is 3.30. The Morgan fingerprint density at radius 1 is 1.46 bits per heavy atom. The van der Waals surface area contributed by atoms with Crippen molar-refractivity contribution in [2.75, 3.05) is 6.54 Å². The Hall–Kier alpha value is -0.890. The fraction of sp³-hybridized carbons (Fsp3) is 0.545. The minimum atomic E-state index is 0.566. The molecule has 1 saturated heterocycles. The Morgan fingerprint density at radius 2 is 2.38 bits per heavy atom. The van der Waals surface area contributed by atoms with Crippen molar-refractivity contribution < 1.29 is 0 Å². The van der Waals surface area contributed by atoms with Gasteiger partial charge in [0.2, 0.25) is 0 Å². The lowest BCUT2D eigenvalue weighted by molar-refractivity contribution is 0.411. The van der Waals surface area contributed by atoms with E-state index in [0.717, 1.165) is 6.54 Å². The summed E-state index contributed by atoms with van der Waals surface area (Å²) in [5, 5.41) is 3.55. The zero-order valence-corrected chi connectivity index (χ0v) is 8.09. The van der Waals surface area contributed by atoms with Gasteiger partial charge in [0.25, 0.3) is 0 Å². The average Bonchev–Trinajstić information content (AvgIpc) is 2.20. The van der Waals surface area contributed by atoms with Crippen molar-refractivity contribution in [3.05, 3.63) is 29.6 Å². The van der Waals surface area contributed by atoms with Gasteiger partial charge in [0, 0.05) is 18.4 Å². The van der Waals surface area contributed by atoms with Crippen molar-refractivity contribution in [2.24, 2.45) is 0 Å². The van der Waals surface area contributed by atoms with Gasteiger partial charge in [-0.2, -0.15) is 0 Å². The van der Waals surface area contributed by atoms with E-state index < -0.39 is 0 Å². The molecule has 2 rings (SSSR count). The van der Waals surface area contributed by atoms with Gasteiger partial charge < -0.3 is 5.32 Å². The van der Waals surface area contributed by atoms with Crippen LogP contribution in [0.2, 0.25) is 0 Å². The molecule has 0 aliphatic carbocycles. The number of piperidine rings is 1. The van der Waals surface area contributed by atoms with Crippen LogP contribution in [0.15, 0.2) is 18.5 Å². The summed E-state index contributed by atoms with van der Waals surface area (Å²) in [4.78, 5) is 4.11. The highest BCUT2D eigenvalue weighted by atomic mass is 14.9. The van der Waals surface area contributed by atoms with Crippen LogP contribution in [0.5, 0.6) is 0 Å². The Bertz CT molecular complexity index is 277. The van der Waals surface area contributed by atoms with Crippen molar-refractivity contribution in [3.8, 4) is 0 Å². The SMILES string of the molecule is Cc1cnccc1[C@@H]1CCCCN1. The first-order valence-corrected chi connectivity index (χ1v) is 5.02. The van der Waals surface area contributed by atoms with Gasteiger partial charge in [0.15, 0.2) is 0 Å². The number of hydrogen-bond donors (Lipinski definition) is 1. The van der Waals surface area contributed by atoms with Gasteiger partial charge >= 0.3 is 0 Å². The lowest BCUT2D eigenvalue weighted by atomic mass is 9.96. The van der Waals surface area contributed by atoms with E-state index in [1.54, 1.807) is 0 Å². The van der Waals surface area contributed by atoms with E-state index in [0.29, 0.717) is 6.04 Å². The largest absolute Gasteiger partial charge is 0.310 e. The van der Waals surface area contributed by atoms with Crippen LogP contribution in [0.4, 0.5) is 0 Å². The third kappa shape index (κ3) is 1.89. The molecule has 1 aliphatic rings. The zero-order valence-electron chi connectivity index (χ0n) is 8.09. The molecular weight excluding hydrogens is 160 g/mol. The van der Waals surface area contributed by atoms with Crippen LogP contribution < -0.4 is 5.32 Å². The molecule has 0 unspecified atom stereocenters. The van der Waals surface area contributed by atoms with E-state index >= 15 is 0 Å². The third-order valence-electron chi connectivity index (χ3n) is 2.75. The summed E-state index contributed by atoms with van der Waals surface area (Å²) in [5.41, 5.74) is 2.73. The van der Waals surface area contributed by atoms with Gasteiger partial charge in [-0.1, -0.05) is 6.42 Å². The molecule has 2 nitrogen and oxygen atoms in total. The second kappa shape index (κ2) is 3.88.